The summed E-state index contributed by atoms with van der Waals surface area (Å²) in [6.45, 7) is 1.42. The zero-order chi connectivity index (χ0) is 14.9. The third-order valence-electron chi connectivity index (χ3n) is 4.14. The second kappa shape index (κ2) is 5.25. The number of hydrogen-bond acceptors (Lipinski definition) is 5. The molecule has 1 aliphatic heterocycles. The van der Waals surface area contributed by atoms with Gasteiger partial charge in [0.1, 0.15) is 6.33 Å². The maximum Gasteiger partial charge on any atom is 0.289 e. The van der Waals surface area contributed by atoms with E-state index in [-0.39, 0.29) is 5.91 Å². The van der Waals surface area contributed by atoms with E-state index >= 15 is 0 Å². The lowest BCUT2D eigenvalue weighted by Crippen LogP contribution is -2.38. The van der Waals surface area contributed by atoms with Gasteiger partial charge in [-0.3, -0.25) is 4.79 Å². The number of fused-ring (bicyclic) bond motifs is 1. The summed E-state index contributed by atoms with van der Waals surface area (Å²) in [5.41, 5.74) is 1.10. The SMILES string of the molecule is O=C(c1ccco1)N1CCC(c2ccnc3ncnn23)CC1. The van der Waals surface area contributed by atoms with Crippen molar-refractivity contribution < 1.29 is 9.21 Å². The van der Waals surface area contributed by atoms with Crippen molar-refractivity contribution >= 4 is 11.7 Å². The first-order chi connectivity index (χ1) is 10.8. The summed E-state index contributed by atoms with van der Waals surface area (Å²) in [5.74, 6) is 1.34. The predicted molar refractivity (Wildman–Crippen MR) is 77.4 cm³/mol. The molecular formula is C15H15N5O2. The molecule has 0 unspecified atom stereocenters. The Morgan fingerprint density at radius 3 is 2.86 bits per heavy atom. The van der Waals surface area contributed by atoms with Gasteiger partial charge in [0.15, 0.2) is 5.76 Å². The van der Waals surface area contributed by atoms with Gasteiger partial charge >= 0.3 is 0 Å². The zero-order valence-electron chi connectivity index (χ0n) is 11.9. The van der Waals surface area contributed by atoms with Crippen molar-refractivity contribution in [3.05, 3.63) is 48.4 Å². The highest BCUT2D eigenvalue weighted by Crippen LogP contribution is 2.28. The van der Waals surface area contributed by atoms with E-state index < -0.39 is 0 Å². The Morgan fingerprint density at radius 2 is 2.09 bits per heavy atom. The fourth-order valence-corrected chi connectivity index (χ4v) is 3.00. The van der Waals surface area contributed by atoms with E-state index in [0.29, 0.717) is 30.5 Å². The second-order valence-corrected chi connectivity index (χ2v) is 5.39. The highest BCUT2D eigenvalue weighted by atomic mass is 16.3. The molecule has 0 aliphatic carbocycles. The highest BCUT2D eigenvalue weighted by Gasteiger charge is 2.27. The van der Waals surface area contributed by atoms with Crippen molar-refractivity contribution in [2.75, 3.05) is 13.1 Å². The molecule has 0 spiro atoms. The summed E-state index contributed by atoms with van der Waals surface area (Å²) < 4.78 is 6.97. The van der Waals surface area contributed by atoms with Crippen LogP contribution in [0, 0.1) is 0 Å². The lowest BCUT2D eigenvalue weighted by Gasteiger charge is -2.31. The van der Waals surface area contributed by atoms with Crippen molar-refractivity contribution in [2.24, 2.45) is 0 Å². The molecule has 3 aromatic heterocycles. The van der Waals surface area contributed by atoms with Crippen LogP contribution in [0.25, 0.3) is 5.78 Å². The van der Waals surface area contributed by atoms with Gasteiger partial charge in [0, 0.05) is 25.2 Å². The largest absolute Gasteiger partial charge is 0.459 e. The Hall–Kier alpha value is -2.70. The van der Waals surface area contributed by atoms with Gasteiger partial charge in [-0.15, -0.1) is 0 Å². The predicted octanol–water partition coefficient (Wildman–Crippen LogP) is 1.74. The minimum Gasteiger partial charge on any atom is -0.459 e. The maximum atomic E-state index is 12.3. The van der Waals surface area contributed by atoms with Crippen LogP contribution in [-0.2, 0) is 0 Å². The molecule has 1 amide bonds. The minimum absolute atomic E-state index is 0.0379. The molecule has 0 N–H and O–H groups in total. The third kappa shape index (κ3) is 2.14. The highest BCUT2D eigenvalue weighted by molar-refractivity contribution is 5.91. The molecule has 0 saturated carbocycles. The minimum atomic E-state index is -0.0379. The number of furan rings is 1. The quantitative estimate of drug-likeness (QED) is 0.720. The van der Waals surface area contributed by atoms with E-state index in [0.717, 1.165) is 18.5 Å². The first-order valence-electron chi connectivity index (χ1n) is 7.30. The molecule has 1 fully saturated rings. The lowest BCUT2D eigenvalue weighted by atomic mass is 9.93. The number of aromatic nitrogens is 4. The van der Waals surface area contributed by atoms with E-state index in [1.165, 1.54) is 12.6 Å². The van der Waals surface area contributed by atoms with Crippen LogP contribution in [0.3, 0.4) is 0 Å². The number of amides is 1. The fourth-order valence-electron chi connectivity index (χ4n) is 3.00. The van der Waals surface area contributed by atoms with Crippen molar-refractivity contribution in [2.45, 2.75) is 18.8 Å². The topological polar surface area (TPSA) is 76.5 Å². The maximum absolute atomic E-state index is 12.3. The second-order valence-electron chi connectivity index (χ2n) is 5.39. The number of carbonyl (C=O) groups is 1. The van der Waals surface area contributed by atoms with Gasteiger partial charge in [-0.05, 0) is 31.0 Å². The molecule has 7 heteroatoms. The van der Waals surface area contributed by atoms with Gasteiger partial charge in [-0.2, -0.15) is 10.1 Å². The van der Waals surface area contributed by atoms with Crippen LogP contribution >= 0.6 is 0 Å². The average molecular weight is 297 g/mol. The molecule has 0 bridgehead atoms. The number of hydrogen-bond donors (Lipinski definition) is 0. The molecule has 4 rings (SSSR count). The van der Waals surface area contributed by atoms with Gasteiger partial charge in [0.25, 0.3) is 11.7 Å². The van der Waals surface area contributed by atoms with Crippen molar-refractivity contribution in [1.29, 1.82) is 0 Å². The molecule has 4 heterocycles. The zero-order valence-corrected chi connectivity index (χ0v) is 11.9. The summed E-state index contributed by atoms with van der Waals surface area (Å²) in [4.78, 5) is 22.4. The van der Waals surface area contributed by atoms with Crippen LogP contribution in [0.5, 0.6) is 0 Å². The smallest absolute Gasteiger partial charge is 0.289 e. The van der Waals surface area contributed by atoms with E-state index in [2.05, 4.69) is 15.1 Å². The summed E-state index contributed by atoms with van der Waals surface area (Å²) in [7, 11) is 0. The number of likely N-dealkylation sites (tertiary alicyclic amines) is 1. The third-order valence-corrected chi connectivity index (χ3v) is 4.14. The molecule has 0 aromatic carbocycles. The van der Waals surface area contributed by atoms with Crippen LogP contribution in [0.15, 0.2) is 41.4 Å². The monoisotopic (exact) mass is 297 g/mol. The van der Waals surface area contributed by atoms with Gasteiger partial charge in [-0.25, -0.2) is 9.50 Å². The Labute approximate surface area is 126 Å². The Kier molecular flexibility index (Phi) is 3.10. The molecule has 0 radical (unpaired) electrons. The summed E-state index contributed by atoms with van der Waals surface area (Å²) >= 11 is 0. The van der Waals surface area contributed by atoms with Gasteiger partial charge in [0.05, 0.1) is 12.0 Å². The van der Waals surface area contributed by atoms with Crippen LogP contribution < -0.4 is 0 Å². The summed E-state index contributed by atoms with van der Waals surface area (Å²) in [6.07, 6.45) is 6.59. The lowest BCUT2D eigenvalue weighted by molar-refractivity contribution is 0.0679. The Bertz CT molecular complexity index is 787. The molecule has 22 heavy (non-hydrogen) atoms. The Morgan fingerprint density at radius 1 is 1.23 bits per heavy atom. The molecule has 1 aliphatic rings. The molecule has 112 valence electrons. The van der Waals surface area contributed by atoms with Gasteiger partial charge in [-0.1, -0.05) is 0 Å². The molecule has 7 nitrogen and oxygen atoms in total. The van der Waals surface area contributed by atoms with E-state index in [1.807, 2.05) is 11.0 Å². The first kappa shape index (κ1) is 13.0. The Balaban J connectivity index is 1.50. The van der Waals surface area contributed by atoms with Crippen LogP contribution in [-0.4, -0.2) is 43.5 Å². The number of nitrogens with zero attached hydrogens (tertiary/aromatic N) is 5. The normalized spacial score (nSPS) is 16.3. The van der Waals surface area contributed by atoms with Crippen molar-refractivity contribution in [1.82, 2.24) is 24.5 Å². The van der Waals surface area contributed by atoms with E-state index in [4.69, 9.17) is 4.42 Å². The van der Waals surface area contributed by atoms with Crippen LogP contribution in [0.4, 0.5) is 0 Å². The summed E-state index contributed by atoms with van der Waals surface area (Å²) in [5, 5.41) is 4.24. The average Bonchev–Trinajstić information content (AvgIpc) is 3.25. The van der Waals surface area contributed by atoms with Crippen LogP contribution in [0.1, 0.15) is 35.0 Å². The van der Waals surface area contributed by atoms with Crippen molar-refractivity contribution in [3.63, 3.8) is 0 Å². The summed E-state index contributed by atoms with van der Waals surface area (Å²) in [6, 6.07) is 5.42. The standard InChI is InChI=1S/C15H15N5O2/c21-14(13-2-1-9-22-13)19-7-4-11(5-8-19)12-3-6-16-15-17-10-18-20(12)15/h1-3,6,9-11H,4-5,7-8H2. The molecule has 0 atom stereocenters. The van der Waals surface area contributed by atoms with E-state index in [9.17, 15) is 4.79 Å². The molecule has 1 saturated heterocycles. The number of rotatable bonds is 2. The van der Waals surface area contributed by atoms with E-state index in [1.54, 1.807) is 22.8 Å². The number of carbonyl (C=O) groups excluding carboxylic acids is 1. The van der Waals surface area contributed by atoms with Crippen LogP contribution in [0.2, 0.25) is 0 Å². The fraction of sp³-hybridized carbons (Fsp3) is 0.333. The van der Waals surface area contributed by atoms with Gasteiger partial charge < -0.3 is 9.32 Å². The number of piperidine rings is 1. The van der Waals surface area contributed by atoms with Gasteiger partial charge in [0.2, 0.25) is 0 Å². The molecule has 3 aromatic rings. The van der Waals surface area contributed by atoms with Crippen molar-refractivity contribution in [3.8, 4) is 0 Å². The first-order valence-corrected chi connectivity index (χ1v) is 7.30. The molecular weight excluding hydrogens is 282 g/mol.